The van der Waals surface area contributed by atoms with Gasteiger partial charge in [0.05, 0.1) is 17.7 Å². The standard InChI is InChI=1S/C12H15ClN2OS/c1-8-2-4-12(7-14,5-3-8)10(16)11-15-6-9(13)17-11/h6,8,10,16H,2-5H2,1H3. The maximum Gasteiger partial charge on any atom is 0.124 e. The highest BCUT2D eigenvalue weighted by molar-refractivity contribution is 7.15. The quantitative estimate of drug-likeness (QED) is 0.894. The Hall–Kier alpha value is -0.630. The first-order valence-corrected chi connectivity index (χ1v) is 6.97. The number of rotatable bonds is 2. The molecule has 1 N–H and O–H groups in total. The van der Waals surface area contributed by atoms with Crippen LogP contribution in [0.15, 0.2) is 6.20 Å². The average molecular weight is 271 g/mol. The Morgan fingerprint density at radius 1 is 1.65 bits per heavy atom. The van der Waals surface area contributed by atoms with E-state index in [4.69, 9.17) is 11.6 Å². The van der Waals surface area contributed by atoms with Crippen LogP contribution in [0, 0.1) is 22.7 Å². The zero-order valence-corrected chi connectivity index (χ0v) is 11.3. The molecule has 0 bridgehead atoms. The van der Waals surface area contributed by atoms with E-state index in [1.807, 2.05) is 0 Å². The Morgan fingerprint density at radius 2 is 2.29 bits per heavy atom. The van der Waals surface area contributed by atoms with Crippen molar-refractivity contribution in [2.75, 3.05) is 0 Å². The summed E-state index contributed by atoms with van der Waals surface area (Å²) in [4.78, 5) is 4.09. The van der Waals surface area contributed by atoms with E-state index in [-0.39, 0.29) is 0 Å². The summed E-state index contributed by atoms with van der Waals surface area (Å²) in [5.74, 6) is 0.642. The fourth-order valence-corrected chi connectivity index (χ4v) is 3.39. The molecule has 1 aromatic rings. The number of halogens is 1. The van der Waals surface area contributed by atoms with Crippen molar-refractivity contribution in [2.24, 2.45) is 11.3 Å². The summed E-state index contributed by atoms with van der Waals surface area (Å²) in [7, 11) is 0. The number of aliphatic hydroxyl groups is 1. The van der Waals surface area contributed by atoms with Crippen molar-refractivity contribution >= 4 is 22.9 Å². The van der Waals surface area contributed by atoms with E-state index in [0.717, 1.165) is 25.7 Å². The van der Waals surface area contributed by atoms with Crippen LogP contribution in [0.4, 0.5) is 0 Å². The monoisotopic (exact) mass is 270 g/mol. The van der Waals surface area contributed by atoms with Gasteiger partial charge < -0.3 is 5.11 Å². The normalized spacial score (nSPS) is 30.8. The van der Waals surface area contributed by atoms with Gasteiger partial charge in [-0.1, -0.05) is 18.5 Å². The van der Waals surface area contributed by atoms with Crippen LogP contribution in [0.3, 0.4) is 0 Å². The van der Waals surface area contributed by atoms with E-state index in [1.165, 1.54) is 17.5 Å². The zero-order chi connectivity index (χ0) is 12.5. The van der Waals surface area contributed by atoms with Crippen molar-refractivity contribution in [3.63, 3.8) is 0 Å². The molecule has 5 heteroatoms. The SMILES string of the molecule is CC1CCC(C#N)(C(O)c2ncc(Cl)s2)CC1. The van der Waals surface area contributed by atoms with Gasteiger partial charge in [-0.3, -0.25) is 0 Å². The fraction of sp³-hybridized carbons (Fsp3) is 0.667. The van der Waals surface area contributed by atoms with Crippen LogP contribution in [-0.2, 0) is 0 Å². The van der Waals surface area contributed by atoms with Crippen molar-refractivity contribution in [3.8, 4) is 6.07 Å². The fourth-order valence-electron chi connectivity index (χ4n) is 2.35. The van der Waals surface area contributed by atoms with Gasteiger partial charge >= 0.3 is 0 Å². The summed E-state index contributed by atoms with van der Waals surface area (Å²) < 4.78 is 0.552. The van der Waals surface area contributed by atoms with Crippen LogP contribution in [0.1, 0.15) is 43.7 Å². The number of thiazole rings is 1. The molecule has 1 aliphatic rings. The summed E-state index contributed by atoms with van der Waals surface area (Å²) in [6, 6.07) is 2.32. The second kappa shape index (κ2) is 4.93. The smallest absolute Gasteiger partial charge is 0.124 e. The van der Waals surface area contributed by atoms with Crippen molar-refractivity contribution in [3.05, 3.63) is 15.5 Å². The maximum atomic E-state index is 10.4. The summed E-state index contributed by atoms with van der Waals surface area (Å²) in [5.41, 5.74) is -0.673. The van der Waals surface area contributed by atoms with Crippen molar-refractivity contribution in [1.29, 1.82) is 5.26 Å². The molecule has 1 saturated carbocycles. The number of nitrogens with zero attached hydrogens (tertiary/aromatic N) is 2. The first-order valence-electron chi connectivity index (χ1n) is 5.78. The molecule has 0 saturated heterocycles. The molecule has 3 nitrogen and oxygen atoms in total. The van der Waals surface area contributed by atoms with Crippen LogP contribution in [0.2, 0.25) is 4.34 Å². The van der Waals surface area contributed by atoms with Crippen LogP contribution in [0.5, 0.6) is 0 Å². The van der Waals surface area contributed by atoms with Gasteiger partial charge in [0, 0.05) is 0 Å². The molecule has 92 valence electrons. The van der Waals surface area contributed by atoms with E-state index in [0.29, 0.717) is 15.3 Å². The second-order valence-electron chi connectivity index (χ2n) is 4.86. The predicted molar refractivity (Wildman–Crippen MR) is 67.8 cm³/mol. The first kappa shape index (κ1) is 12.8. The predicted octanol–water partition coefficient (Wildman–Crippen LogP) is 3.55. The van der Waals surface area contributed by atoms with Gasteiger partial charge in [0.25, 0.3) is 0 Å². The Balaban J connectivity index is 2.21. The molecule has 0 spiro atoms. The van der Waals surface area contributed by atoms with Crippen LogP contribution in [-0.4, -0.2) is 10.1 Å². The molecule has 1 aliphatic carbocycles. The molecule has 0 amide bonds. The molecule has 1 fully saturated rings. The highest BCUT2D eigenvalue weighted by atomic mass is 35.5. The number of hydrogen-bond acceptors (Lipinski definition) is 4. The van der Waals surface area contributed by atoms with E-state index in [2.05, 4.69) is 18.0 Å². The van der Waals surface area contributed by atoms with E-state index in [9.17, 15) is 10.4 Å². The molecule has 2 rings (SSSR count). The molecule has 1 atom stereocenters. The zero-order valence-electron chi connectivity index (χ0n) is 9.69. The Bertz CT molecular complexity index is 432. The van der Waals surface area contributed by atoms with Crippen LogP contribution < -0.4 is 0 Å². The number of hydrogen-bond donors (Lipinski definition) is 1. The van der Waals surface area contributed by atoms with Crippen molar-refractivity contribution < 1.29 is 5.11 Å². The third-order valence-electron chi connectivity index (χ3n) is 3.64. The molecular formula is C12H15ClN2OS. The van der Waals surface area contributed by atoms with Gasteiger partial charge in [0.2, 0.25) is 0 Å². The Kier molecular flexibility index (Phi) is 3.72. The topological polar surface area (TPSA) is 56.9 Å². The van der Waals surface area contributed by atoms with E-state index < -0.39 is 11.5 Å². The average Bonchev–Trinajstić information content (AvgIpc) is 2.76. The lowest BCUT2D eigenvalue weighted by Crippen LogP contribution is -2.32. The van der Waals surface area contributed by atoms with Gasteiger partial charge in [-0.2, -0.15) is 5.26 Å². The van der Waals surface area contributed by atoms with Crippen LogP contribution >= 0.6 is 22.9 Å². The number of nitriles is 1. The molecule has 0 aromatic carbocycles. The van der Waals surface area contributed by atoms with Crippen molar-refractivity contribution in [2.45, 2.75) is 38.7 Å². The van der Waals surface area contributed by atoms with Crippen LogP contribution in [0.25, 0.3) is 0 Å². The van der Waals surface area contributed by atoms with Gasteiger partial charge in [-0.05, 0) is 31.6 Å². The highest BCUT2D eigenvalue weighted by Gasteiger charge is 2.43. The van der Waals surface area contributed by atoms with Crippen molar-refractivity contribution in [1.82, 2.24) is 4.98 Å². The third-order valence-corrected chi connectivity index (χ3v) is 4.81. The molecule has 1 unspecified atom stereocenters. The lowest BCUT2D eigenvalue weighted by atomic mass is 9.68. The summed E-state index contributed by atoms with van der Waals surface area (Å²) in [6.07, 6.45) is 4.18. The maximum absolute atomic E-state index is 10.4. The Morgan fingerprint density at radius 3 is 2.76 bits per heavy atom. The molecule has 0 radical (unpaired) electrons. The second-order valence-corrected chi connectivity index (χ2v) is 6.55. The first-order chi connectivity index (χ1) is 8.07. The summed E-state index contributed by atoms with van der Waals surface area (Å²) in [5, 5.41) is 20.3. The molecule has 0 aliphatic heterocycles. The molecule has 1 heterocycles. The molecule has 1 aromatic heterocycles. The van der Waals surface area contributed by atoms with Gasteiger partial charge in [-0.25, -0.2) is 4.98 Å². The summed E-state index contributed by atoms with van der Waals surface area (Å²) in [6.45, 7) is 2.19. The number of aliphatic hydroxyl groups excluding tert-OH is 1. The summed E-state index contributed by atoms with van der Waals surface area (Å²) >= 11 is 7.07. The Labute approximate surface area is 110 Å². The third kappa shape index (κ3) is 2.47. The minimum Gasteiger partial charge on any atom is -0.384 e. The van der Waals surface area contributed by atoms with Gasteiger partial charge in [-0.15, -0.1) is 11.3 Å². The van der Waals surface area contributed by atoms with E-state index >= 15 is 0 Å². The number of aromatic nitrogens is 1. The lowest BCUT2D eigenvalue weighted by molar-refractivity contribution is 0.0265. The highest BCUT2D eigenvalue weighted by Crippen LogP contribution is 2.47. The minimum absolute atomic E-state index is 0.552. The minimum atomic E-state index is -0.808. The van der Waals surface area contributed by atoms with Gasteiger partial charge in [0.15, 0.2) is 0 Å². The largest absolute Gasteiger partial charge is 0.384 e. The molecule has 17 heavy (non-hydrogen) atoms. The molecular weight excluding hydrogens is 256 g/mol. The van der Waals surface area contributed by atoms with Gasteiger partial charge in [0.1, 0.15) is 15.4 Å². The lowest BCUT2D eigenvalue weighted by Gasteiger charge is -2.36. The van der Waals surface area contributed by atoms with E-state index in [1.54, 1.807) is 0 Å².